The van der Waals surface area contributed by atoms with Crippen LogP contribution in [0.4, 0.5) is 0 Å². The summed E-state index contributed by atoms with van der Waals surface area (Å²) in [5, 5.41) is 4.26. The van der Waals surface area contributed by atoms with Gasteiger partial charge in [-0.05, 0) is 29.9 Å². The van der Waals surface area contributed by atoms with Gasteiger partial charge in [-0.15, -0.1) is 0 Å². The topological polar surface area (TPSA) is 65.2 Å². The molecule has 1 aromatic heterocycles. The van der Waals surface area contributed by atoms with Crippen LogP contribution < -0.4 is 5.32 Å². The Kier molecular flexibility index (Phi) is 5.35. The van der Waals surface area contributed by atoms with Gasteiger partial charge in [0.1, 0.15) is 0 Å². The molecule has 5 nitrogen and oxygen atoms in total. The number of rotatable bonds is 6. The Morgan fingerprint density at radius 3 is 2.85 bits per heavy atom. The average Bonchev–Trinajstić information content (AvgIpc) is 3.10. The van der Waals surface area contributed by atoms with Crippen LogP contribution in [0.2, 0.25) is 0 Å². The zero-order valence-corrected chi connectivity index (χ0v) is 16.0. The van der Waals surface area contributed by atoms with Gasteiger partial charge >= 0.3 is 0 Å². The van der Waals surface area contributed by atoms with Crippen LogP contribution in [0.25, 0.3) is 10.9 Å². The largest absolute Gasteiger partial charge is 0.361 e. The molecule has 0 spiro atoms. The second kappa shape index (κ2) is 7.52. The predicted molar refractivity (Wildman–Crippen MR) is 104 cm³/mol. The number of hydrogen-bond donors (Lipinski definition) is 2. The number of benzene rings is 1. The molecule has 2 amide bonds. The molecule has 140 valence electrons. The first-order valence-corrected chi connectivity index (χ1v) is 9.44. The molecule has 0 unspecified atom stereocenters. The van der Waals surface area contributed by atoms with Gasteiger partial charge in [0.25, 0.3) is 0 Å². The number of amides is 2. The lowest BCUT2D eigenvalue weighted by Crippen LogP contribution is -2.39. The molecule has 2 aromatic rings. The van der Waals surface area contributed by atoms with Crippen molar-refractivity contribution >= 4 is 22.7 Å². The van der Waals surface area contributed by atoms with Gasteiger partial charge in [0, 0.05) is 43.0 Å². The summed E-state index contributed by atoms with van der Waals surface area (Å²) in [5.41, 5.74) is 2.46. The number of aryl methyl sites for hydroxylation is 1. The second-order valence-electron chi connectivity index (χ2n) is 8.52. The number of hydrogen-bond acceptors (Lipinski definition) is 2. The zero-order chi connectivity index (χ0) is 18.7. The van der Waals surface area contributed by atoms with E-state index in [1.165, 1.54) is 10.9 Å². The van der Waals surface area contributed by atoms with Crippen molar-refractivity contribution in [3.05, 3.63) is 36.0 Å². The van der Waals surface area contributed by atoms with Crippen LogP contribution in [0.5, 0.6) is 0 Å². The molecule has 1 fully saturated rings. The molecule has 1 aliphatic heterocycles. The molecule has 1 aliphatic rings. The Morgan fingerprint density at radius 2 is 2.08 bits per heavy atom. The van der Waals surface area contributed by atoms with E-state index in [4.69, 9.17) is 0 Å². The van der Waals surface area contributed by atoms with Crippen molar-refractivity contribution in [2.75, 3.05) is 13.1 Å². The smallest absolute Gasteiger partial charge is 0.224 e. The SMILES string of the molecule is CC(C)(C)CN1C[C@@H](NC(=O)CCCc2c[nH]c3ccccc23)CC1=O. The number of fused-ring (bicyclic) bond motifs is 1. The summed E-state index contributed by atoms with van der Waals surface area (Å²) >= 11 is 0. The van der Waals surface area contributed by atoms with E-state index in [0.29, 0.717) is 19.4 Å². The minimum absolute atomic E-state index is 0.0419. The molecule has 0 aliphatic carbocycles. The molecule has 1 aromatic carbocycles. The molecule has 3 rings (SSSR count). The monoisotopic (exact) mass is 355 g/mol. The summed E-state index contributed by atoms with van der Waals surface area (Å²) in [6, 6.07) is 8.17. The van der Waals surface area contributed by atoms with E-state index < -0.39 is 0 Å². The summed E-state index contributed by atoms with van der Waals surface area (Å²) in [5.74, 6) is 0.185. The van der Waals surface area contributed by atoms with Gasteiger partial charge in [-0.3, -0.25) is 9.59 Å². The normalized spacial score (nSPS) is 17.9. The van der Waals surface area contributed by atoms with Gasteiger partial charge in [-0.2, -0.15) is 0 Å². The van der Waals surface area contributed by atoms with Gasteiger partial charge in [0.15, 0.2) is 0 Å². The van der Waals surface area contributed by atoms with Crippen LogP contribution >= 0.6 is 0 Å². The maximum absolute atomic E-state index is 12.2. The zero-order valence-electron chi connectivity index (χ0n) is 16.0. The first kappa shape index (κ1) is 18.5. The molecular formula is C21H29N3O2. The lowest BCUT2D eigenvalue weighted by molar-refractivity contribution is -0.128. The third kappa shape index (κ3) is 4.65. The quantitative estimate of drug-likeness (QED) is 0.835. The standard InChI is InChI=1S/C21H29N3O2/c1-21(2,3)14-24-13-16(11-20(24)26)23-19(25)10-6-7-15-12-22-18-9-5-4-8-17(15)18/h4-5,8-9,12,16,22H,6-7,10-11,13-14H2,1-3H3,(H,23,25)/t16-/m0/s1. The van der Waals surface area contributed by atoms with Crippen molar-refractivity contribution in [1.82, 2.24) is 15.2 Å². The fourth-order valence-corrected chi connectivity index (χ4v) is 3.67. The predicted octanol–water partition coefficient (Wildman–Crippen LogP) is 3.25. The number of aromatic nitrogens is 1. The molecule has 1 saturated heterocycles. The molecule has 0 saturated carbocycles. The van der Waals surface area contributed by atoms with E-state index in [-0.39, 0.29) is 23.3 Å². The van der Waals surface area contributed by atoms with E-state index >= 15 is 0 Å². The lowest BCUT2D eigenvalue weighted by atomic mass is 9.96. The number of nitrogens with zero attached hydrogens (tertiary/aromatic N) is 1. The summed E-state index contributed by atoms with van der Waals surface area (Å²) in [6.45, 7) is 7.73. The van der Waals surface area contributed by atoms with Crippen LogP contribution in [0, 0.1) is 5.41 Å². The Hall–Kier alpha value is -2.30. The number of H-pyrrole nitrogens is 1. The van der Waals surface area contributed by atoms with Crippen molar-refractivity contribution in [2.24, 2.45) is 5.41 Å². The van der Waals surface area contributed by atoms with Crippen molar-refractivity contribution < 1.29 is 9.59 Å². The number of carbonyl (C=O) groups excluding carboxylic acids is 2. The average molecular weight is 355 g/mol. The first-order chi connectivity index (χ1) is 12.3. The lowest BCUT2D eigenvalue weighted by Gasteiger charge is -2.26. The number of likely N-dealkylation sites (tertiary alicyclic amines) is 1. The number of nitrogens with one attached hydrogen (secondary N) is 2. The van der Waals surface area contributed by atoms with Crippen molar-refractivity contribution in [3.63, 3.8) is 0 Å². The van der Waals surface area contributed by atoms with Gasteiger partial charge < -0.3 is 15.2 Å². The minimum atomic E-state index is -0.0505. The Labute approximate surface area is 155 Å². The number of para-hydroxylation sites is 1. The molecule has 5 heteroatoms. The summed E-state index contributed by atoms with van der Waals surface area (Å²) in [6.07, 6.45) is 4.62. The molecular weight excluding hydrogens is 326 g/mol. The van der Waals surface area contributed by atoms with E-state index in [2.05, 4.69) is 43.2 Å². The highest BCUT2D eigenvalue weighted by Gasteiger charge is 2.32. The van der Waals surface area contributed by atoms with Crippen LogP contribution in [-0.2, 0) is 16.0 Å². The van der Waals surface area contributed by atoms with Gasteiger partial charge in [-0.1, -0.05) is 39.0 Å². The molecule has 0 radical (unpaired) electrons. The second-order valence-corrected chi connectivity index (χ2v) is 8.52. The van der Waals surface area contributed by atoms with E-state index in [9.17, 15) is 9.59 Å². The fraction of sp³-hybridized carbons (Fsp3) is 0.524. The summed E-state index contributed by atoms with van der Waals surface area (Å²) in [4.78, 5) is 29.5. The van der Waals surface area contributed by atoms with Crippen LogP contribution in [0.1, 0.15) is 45.6 Å². The Balaban J connectivity index is 1.44. The molecule has 0 bridgehead atoms. The number of aromatic amines is 1. The third-order valence-corrected chi connectivity index (χ3v) is 4.77. The Morgan fingerprint density at radius 1 is 1.31 bits per heavy atom. The highest BCUT2D eigenvalue weighted by atomic mass is 16.2. The highest BCUT2D eigenvalue weighted by Crippen LogP contribution is 2.21. The van der Waals surface area contributed by atoms with Gasteiger partial charge in [-0.25, -0.2) is 0 Å². The molecule has 26 heavy (non-hydrogen) atoms. The van der Waals surface area contributed by atoms with Crippen molar-refractivity contribution in [2.45, 2.75) is 52.5 Å². The summed E-state index contributed by atoms with van der Waals surface area (Å²) in [7, 11) is 0. The third-order valence-electron chi connectivity index (χ3n) is 4.77. The molecule has 2 heterocycles. The maximum Gasteiger partial charge on any atom is 0.224 e. The van der Waals surface area contributed by atoms with Gasteiger partial charge in [0.05, 0.1) is 6.04 Å². The van der Waals surface area contributed by atoms with Gasteiger partial charge in [0.2, 0.25) is 11.8 Å². The van der Waals surface area contributed by atoms with E-state index in [0.717, 1.165) is 24.9 Å². The van der Waals surface area contributed by atoms with Crippen LogP contribution in [-0.4, -0.2) is 40.8 Å². The minimum Gasteiger partial charge on any atom is -0.361 e. The molecule has 2 N–H and O–H groups in total. The first-order valence-electron chi connectivity index (χ1n) is 9.44. The van der Waals surface area contributed by atoms with Crippen LogP contribution in [0.3, 0.4) is 0 Å². The van der Waals surface area contributed by atoms with E-state index in [1.807, 2.05) is 23.2 Å². The maximum atomic E-state index is 12.2. The number of carbonyl (C=O) groups is 2. The summed E-state index contributed by atoms with van der Waals surface area (Å²) < 4.78 is 0. The van der Waals surface area contributed by atoms with Crippen molar-refractivity contribution in [1.29, 1.82) is 0 Å². The molecule has 1 atom stereocenters. The van der Waals surface area contributed by atoms with Crippen LogP contribution in [0.15, 0.2) is 30.5 Å². The highest BCUT2D eigenvalue weighted by molar-refractivity contribution is 5.83. The fourth-order valence-electron chi connectivity index (χ4n) is 3.67. The van der Waals surface area contributed by atoms with Crippen molar-refractivity contribution in [3.8, 4) is 0 Å². The van der Waals surface area contributed by atoms with E-state index in [1.54, 1.807) is 0 Å². The Bertz CT molecular complexity index is 788.